The van der Waals surface area contributed by atoms with Crippen molar-refractivity contribution in [2.75, 3.05) is 25.0 Å². The molecule has 0 spiro atoms. The second-order valence-electron chi connectivity index (χ2n) is 7.68. The summed E-state index contributed by atoms with van der Waals surface area (Å²) in [4.78, 5) is 13.5. The van der Waals surface area contributed by atoms with Gasteiger partial charge in [0.15, 0.2) is 0 Å². The summed E-state index contributed by atoms with van der Waals surface area (Å²) in [6.07, 6.45) is 12.1. The number of ether oxygens (including phenoxy) is 1. The van der Waals surface area contributed by atoms with Gasteiger partial charge in [-0.1, -0.05) is 12.0 Å². The highest BCUT2D eigenvalue weighted by atomic mass is 16.6. The van der Waals surface area contributed by atoms with Gasteiger partial charge >= 0.3 is 0 Å². The largest absolute Gasteiger partial charge is 0.377 e. The van der Waals surface area contributed by atoms with Crippen LogP contribution in [0.25, 0.3) is 0 Å². The second kappa shape index (κ2) is 9.20. The average Bonchev–Trinajstić information content (AvgIpc) is 2.67. The lowest BCUT2D eigenvalue weighted by molar-refractivity contribution is -0.384. The van der Waals surface area contributed by atoms with Crippen molar-refractivity contribution in [3.05, 3.63) is 33.9 Å². The van der Waals surface area contributed by atoms with Gasteiger partial charge in [0.2, 0.25) is 0 Å². The van der Waals surface area contributed by atoms with E-state index in [-0.39, 0.29) is 16.7 Å². The third-order valence-electron chi connectivity index (χ3n) is 5.80. The molecule has 0 amide bonds. The molecule has 6 heteroatoms. The van der Waals surface area contributed by atoms with Crippen molar-refractivity contribution in [2.24, 2.45) is 0 Å². The summed E-state index contributed by atoms with van der Waals surface area (Å²) in [5.74, 6) is 2.55. The van der Waals surface area contributed by atoms with Gasteiger partial charge in [0.25, 0.3) is 5.69 Å². The minimum atomic E-state index is -0.308. The molecule has 1 heterocycles. The first kappa shape index (κ1) is 19.7. The number of piperidine rings is 1. The van der Waals surface area contributed by atoms with Crippen molar-refractivity contribution < 1.29 is 9.66 Å². The molecule has 0 bridgehead atoms. The molecule has 0 aromatic heterocycles. The van der Waals surface area contributed by atoms with Gasteiger partial charge in [0, 0.05) is 31.2 Å². The minimum absolute atomic E-state index is 0.160. The Balaban J connectivity index is 1.48. The molecule has 0 radical (unpaired) electrons. The molecule has 3 rings (SSSR count). The van der Waals surface area contributed by atoms with Gasteiger partial charge in [-0.3, -0.25) is 10.1 Å². The maximum absolute atomic E-state index is 11.3. The molecular weight excluding hydrogens is 342 g/mol. The fraction of sp³-hybridized carbons (Fsp3) is 0.619. The van der Waals surface area contributed by atoms with Gasteiger partial charge < -0.3 is 15.0 Å². The Labute approximate surface area is 161 Å². The fourth-order valence-electron chi connectivity index (χ4n) is 4.30. The molecule has 1 aromatic carbocycles. The lowest BCUT2D eigenvalue weighted by Gasteiger charge is -2.41. The van der Waals surface area contributed by atoms with Crippen molar-refractivity contribution in [1.29, 1.82) is 0 Å². The Hall–Kier alpha value is -2.10. The normalized spacial score (nSPS) is 24.3. The number of hydrogen-bond donors (Lipinski definition) is 1. The van der Waals surface area contributed by atoms with Crippen molar-refractivity contribution >= 4 is 11.4 Å². The standard InChI is InChI=1S/C21H29N3O3/c1-3-14-27-19-7-5-18(6-8-19)23-12-10-17(11-13-23)22-20-15-16(2)4-9-21(20)24(25)26/h1,4,9,15,17-19,22H,5-8,10-14H2,2H3/t18-,19+. The molecule has 2 aliphatic rings. The summed E-state index contributed by atoms with van der Waals surface area (Å²) in [6, 6.07) is 6.17. The minimum Gasteiger partial charge on any atom is -0.377 e. The first-order chi connectivity index (χ1) is 13.1. The molecule has 1 aromatic rings. The summed E-state index contributed by atoms with van der Waals surface area (Å²) >= 11 is 0. The van der Waals surface area contributed by atoms with Gasteiger partial charge in [-0.2, -0.15) is 0 Å². The molecule has 0 atom stereocenters. The Morgan fingerprint density at radius 3 is 2.59 bits per heavy atom. The van der Waals surface area contributed by atoms with Crippen molar-refractivity contribution in [1.82, 2.24) is 4.90 Å². The molecule has 1 aliphatic carbocycles. The lowest BCUT2D eigenvalue weighted by atomic mass is 9.90. The first-order valence-electron chi connectivity index (χ1n) is 9.87. The zero-order chi connectivity index (χ0) is 19.2. The van der Waals surface area contributed by atoms with Gasteiger partial charge in [-0.15, -0.1) is 6.42 Å². The quantitative estimate of drug-likeness (QED) is 0.469. The summed E-state index contributed by atoms with van der Waals surface area (Å²) in [7, 11) is 0. The van der Waals surface area contributed by atoms with Crippen LogP contribution in [0.3, 0.4) is 0 Å². The van der Waals surface area contributed by atoms with E-state index in [2.05, 4.69) is 16.1 Å². The number of nitro groups is 1. The molecule has 6 nitrogen and oxygen atoms in total. The monoisotopic (exact) mass is 371 g/mol. The SMILES string of the molecule is C#CCO[C@H]1CC[C@@H](N2CCC(Nc3cc(C)ccc3[N+](=O)[O-])CC2)CC1. The lowest BCUT2D eigenvalue weighted by Crippen LogP contribution is -2.46. The molecule has 1 aliphatic heterocycles. The maximum Gasteiger partial charge on any atom is 0.292 e. The molecule has 1 saturated heterocycles. The van der Waals surface area contributed by atoms with E-state index in [1.165, 1.54) is 0 Å². The van der Waals surface area contributed by atoms with E-state index in [1.807, 2.05) is 13.0 Å². The highest BCUT2D eigenvalue weighted by Gasteiger charge is 2.29. The van der Waals surface area contributed by atoms with E-state index in [1.54, 1.807) is 12.1 Å². The zero-order valence-electron chi connectivity index (χ0n) is 16.0. The van der Waals surface area contributed by atoms with E-state index in [0.717, 1.165) is 57.2 Å². The average molecular weight is 371 g/mol. The highest BCUT2D eigenvalue weighted by Crippen LogP contribution is 2.30. The number of likely N-dealkylation sites (tertiary alicyclic amines) is 1. The van der Waals surface area contributed by atoms with Crippen LogP contribution in [0.4, 0.5) is 11.4 Å². The summed E-state index contributed by atoms with van der Waals surface area (Å²) in [5.41, 5.74) is 1.84. The number of hydrogen-bond acceptors (Lipinski definition) is 5. The van der Waals surface area contributed by atoms with Crippen LogP contribution >= 0.6 is 0 Å². The predicted molar refractivity (Wildman–Crippen MR) is 107 cm³/mol. The van der Waals surface area contributed by atoms with Crippen molar-refractivity contribution in [2.45, 2.75) is 63.6 Å². The maximum atomic E-state index is 11.3. The van der Waals surface area contributed by atoms with E-state index in [9.17, 15) is 10.1 Å². The van der Waals surface area contributed by atoms with Crippen molar-refractivity contribution in [3.8, 4) is 12.3 Å². The van der Waals surface area contributed by atoms with Gasteiger partial charge in [-0.25, -0.2) is 0 Å². The summed E-state index contributed by atoms with van der Waals surface area (Å²) < 4.78 is 5.67. The number of nitrogens with zero attached hydrogens (tertiary/aromatic N) is 2. The third-order valence-corrected chi connectivity index (χ3v) is 5.80. The van der Waals surface area contributed by atoms with Crippen LogP contribution in [0.1, 0.15) is 44.1 Å². The molecule has 146 valence electrons. The number of nitro benzene ring substituents is 1. The summed E-state index contributed by atoms with van der Waals surface area (Å²) in [5, 5.41) is 14.7. The molecule has 1 N–H and O–H groups in total. The Bertz CT molecular complexity index is 684. The van der Waals surface area contributed by atoms with Crippen LogP contribution in [0.5, 0.6) is 0 Å². The molecule has 1 saturated carbocycles. The van der Waals surface area contributed by atoms with Crippen LogP contribution in [-0.2, 0) is 4.74 Å². The molecule has 27 heavy (non-hydrogen) atoms. The number of rotatable bonds is 6. The number of terminal acetylenes is 1. The Morgan fingerprint density at radius 1 is 1.26 bits per heavy atom. The number of anilines is 1. The number of nitrogens with one attached hydrogen (secondary N) is 1. The van der Waals surface area contributed by atoms with E-state index in [4.69, 9.17) is 11.2 Å². The van der Waals surface area contributed by atoms with Crippen LogP contribution < -0.4 is 5.32 Å². The predicted octanol–water partition coefficient (Wildman–Crippen LogP) is 3.74. The van der Waals surface area contributed by atoms with Crippen LogP contribution in [-0.4, -0.2) is 47.7 Å². The third kappa shape index (κ3) is 5.21. The van der Waals surface area contributed by atoms with Crippen molar-refractivity contribution in [3.63, 3.8) is 0 Å². The molecular formula is C21H29N3O3. The van der Waals surface area contributed by atoms with Crippen LogP contribution in [0.15, 0.2) is 18.2 Å². The topological polar surface area (TPSA) is 67.6 Å². The Morgan fingerprint density at radius 2 is 1.96 bits per heavy atom. The fourth-order valence-corrected chi connectivity index (χ4v) is 4.30. The van der Waals surface area contributed by atoms with Gasteiger partial charge in [-0.05, 0) is 57.1 Å². The summed E-state index contributed by atoms with van der Waals surface area (Å²) in [6.45, 7) is 4.45. The molecule has 0 unspecified atom stereocenters. The van der Waals surface area contributed by atoms with Gasteiger partial charge in [0.1, 0.15) is 12.3 Å². The van der Waals surface area contributed by atoms with Crippen LogP contribution in [0.2, 0.25) is 0 Å². The highest BCUT2D eigenvalue weighted by molar-refractivity contribution is 5.63. The van der Waals surface area contributed by atoms with E-state index in [0.29, 0.717) is 24.4 Å². The Kier molecular flexibility index (Phi) is 6.70. The first-order valence-corrected chi connectivity index (χ1v) is 9.87. The number of benzene rings is 1. The number of aryl methyl sites for hydroxylation is 1. The molecule has 2 fully saturated rings. The van der Waals surface area contributed by atoms with Gasteiger partial charge in [0.05, 0.1) is 11.0 Å². The zero-order valence-corrected chi connectivity index (χ0v) is 16.0. The van der Waals surface area contributed by atoms with E-state index >= 15 is 0 Å². The second-order valence-corrected chi connectivity index (χ2v) is 7.68. The smallest absolute Gasteiger partial charge is 0.292 e. The van der Waals surface area contributed by atoms with Crippen LogP contribution in [0, 0.1) is 29.4 Å². The van der Waals surface area contributed by atoms with E-state index < -0.39 is 0 Å².